The van der Waals surface area contributed by atoms with E-state index in [0.29, 0.717) is 13.2 Å². The van der Waals surface area contributed by atoms with E-state index < -0.39 is 12.3 Å². The van der Waals surface area contributed by atoms with Gasteiger partial charge in [-0.15, -0.1) is 0 Å². The number of hydrogen-bond acceptors (Lipinski definition) is 4. The third-order valence-electron chi connectivity index (χ3n) is 1.93. The standard InChI is InChI=1S/C10H22N2O3/c1-4-6-7-15-10(13)12-8(3)9(11)14-5-2/h8-9H,4-7,11H2,1-3H3,(H,12,13). The van der Waals surface area contributed by atoms with E-state index in [4.69, 9.17) is 15.2 Å². The first-order chi connectivity index (χ1) is 7.11. The Morgan fingerprint density at radius 2 is 2.13 bits per heavy atom. The molecule has 15 heavy (non-hydrogen) atoms. The highest BCUT2D eigenvalue weighted by atomic mass is 16.5. The van der Waals surface area contributed by atoms with Crippen LogP contribution in [0, 0.1) is 0 Å². The van der Waals surface area contributed by atoms with Crippen LogP contribution in [0.4, 0.5) is 4.79 Å². The van der Waals surface area contributed by atoms with Gasteiger partial charge < -0.3 is 20.5 Å². The minimum absolute atomic E-state index is 0.251. The molecule has 0 saturated heterocycles. The minimum Gasteiger partial charge on any atom is -0.450 e. The largest absolute Gasteiger partial charge is 0.450 e. The van der Waals surface area contributed by atoms with Crippen LogP contribution in [0.3, 0.4) is 0 Å². The van der Waals surface area contributed by atoms with Crippen molar-refractivity contribution in [2.24, 2.45) is 5.73 Å². The second-order valence-electron chi connectivity index (χ2n) is 3.34. The number of unbranched alkanes of at least 4 members (excludes halogenated alkanes) is 1. The van der Waals surface area contributed by atoms with Gasteiger partial charge in [0.1, 0.15) is 6.23 Å². The van der Waals surface area contributed by atoms with E-state index in [-0.39, 0.29) is 6.04 Å². The second kappa shape index (κ2) is 8.49. The molecule has 0 radical (unpaired) electrons. The maximum absolute atomic E-state index is 11.2. The van der Waals surface area contributed by atoms with Crippen molar-refractivity contribution in [3.63, 3.8) is 0 Å². The fourth-order valence-corrected chi connectivity index (χ4v) is 0.956. The van der Waals surface area contributed by atoms with E-state index in [2.05, 4.69) is 5.32 Å². The predicted molar refractivity (Wildman–Crippen MR) is 58.5 cm³/mol. The summed E-state index contributed by atoms with van der Waals surface area (Å²) in [6.45, 7) is 6.64. The summed E-state index contributed by atoms with van der Waals surface area (Å²) in [4.78, 5) is 11.2. The van der Waals surface area contributed by atoms with Crippen molar-refractivity contribution in [2.45, 2.75) is 45.9 Å². The van der Waals surface area contributed by atoms with Crippen molar-refractivity contribution in [2.75, 3.05) is 13.2 Å². The highest BCUT2D eigenvalue weighted by molar-refractivity contribution is 5.67. The van der Waals surface area contributed by atoms with Gasteiger partial charge in [-0.2, -0.15) is 0 Å². The lowest BCUT2D eigenvalue weighted by Crippen LogP contribution is -2.47. The van der Waals surface area contributed by atoms with Gasteiger partial charge in [-0.1, -0.05) is 13.3 Å². The summed E-state index contributed by atoms with van der Waals surface area (Å²) in [7, 11) is 0. The number of rotatable bonds is 7. The minimum atomic E-state index is -0.492. The fourth-order valence-electron chi connectivity index (χ4n) is 0.956. The first kappa shape index (κ1) is 14.2. The summed E-state index contributed by atoms with van der Waals surface area (Å²) in [5, 5.41) is 2.61. The van der Waals surface area contributed by atoms with Crippen molar-refractivity contribution in [1.82, 2.24) is 5.32 Å². The molecule has 1 amide bonds. The highest BCUT2D eigenvalue weighted by Crippen LogP contribution is 1.94. The molecule has 90 valence electrons. The molecule has 0 aliphatic rings. The second-order valence-corrected chi connectivity index (χ2v) is 3.34. The van der Waals surface area contributed by atoms with E-state index in [1.54, 1.807) is 6.92 Å². The maximum atomic E-state index is 11.2. The van der Waals surface area contributed by atoms with E-state index >= 15 is 0 Å². The summed E-state index contributed by atoms with van der Waals surface area (Å²) in [5.41, 5.74) is 5.64. The Balaban J connectivity index is 3.65. The summed E-state index contributed by atoms with van der Waals surface area (Å²) in [6, 6.07) is -0.251. The number of hydrogen-bond donors (Lipinski definition) is 2. The average molecular weight is 218 g/mol. The molecule has 0 heterocycles. The first-order valence-electron chi connectivity index (χ1n) is 5.42. The Kier molecular flexibility index (Phi) is 8.04. The average Bonchev–Trinajstić information content (AvgIpc) is 2.18. The van der Waals surface area contributed by atoms with Crippen LogP contribution in [0.5, 0.6) is 0 Å². The Morgan fingerprint density at radius 1 is 1.47 bits per heavy atom. The van der Waals surface area contributed by atoms with Crippen LogP contribution in [0.15, 0.2) is 0 Å². The van der Waals surface area contributed by atoms with Gasteiger partial charge in [-0.3, -0.25) is 0 Å². The number of nitrogens with one attached hydrogen (secondary N) is 1. The summed E-state index contributed by atoms with van der Waals surface area (Å²) in [5.74, 6) is 0. The van der Waals surface area contributed by atoms with Crippen molar-refractivity contribution in [3.05, 3.63) is 0 Å². The fraction of sp³-hybridized carbons (Fsp3) is 0.900. The molecule has 5 heteroatoms. The van der Waals surface area contributed by atoms with E-state index in [0.717, 1.165) is 12.8 Å². The molecule has 0 fully saturated rings. The van der Waals surface area contributed by atoms with Crippen LogP contribution in [0.1, 0.15) is 33.6 Å². The lowest BCUT2D eigenvalue weighted by atomic mass is 10.3. The summed E-state index contributed by atoms with van der Waals surface area (Å²) < 4.78 is 10.1. The van der Waals surface area contributed by atoms with Gasteiger partial charge in [0.25, 0.3) is 0 Å². The van der Waals surface area contributed by atoms with Gasteiger partial charge >= 0.3 is 6.09 Å². The molecule has 3 N–H and O–H groups in total. The zero-order valence-electron chi connectivity index (χ0n) is 9.79. The number of ether oxygens (including phenoxy) is 2. The normalized spacial score (nSPS) is 14.4. The molecule has 0 aromatic heterocycles. The molecule has 0 aliphatic heterocycles. The van der Waals surface area contributed by atoms with Crippen molar-refractivity contribution in [1.29, 1.82) is 0 Å². The van der Waals surface area contributed by atoms with Crippen LogP contribution < -0.4 is 11.1 Å². The van der Waals surface area contributed by atoms with E-state index in [9.17, 15) is 4.79 Å². The zero-order chi connectivity index (χ0) is 11.7. The Bertz CT molecular complexity index is 176. The topological polar surface area (TPSA) is 73.6 Å². The smallest absolute Gasteiger partial charge is 0.407 e. The first-order valence-corrected chi connectivity index (χ1v) is 5.42. The Labute approximate surface area is 91.3 Å². The van der Waals surface area contributed by atoms with Gasteiger partial charge in [0.15, 0.2) is 0 Å². The van der Waals surface area contributed by atoms with Gasteiger partial charge in [0, 0.05) is 6.61 Å². The number of carbonyl (C=O) groups is 1. The molecule has 0 aromatic rings. The number of alkyl carbamates (subject to hydrolysis) is 1. The lowest BCUT2D eigenvalue weighted by molar-refractivity contribution is 0.0411. The number of carbonyl (C=O) groups excluding carboxylic acids is 1. The van der Waals surface area contributed by atoms with Gasteiger partial charge in [0.2, 0.25) is 0 Å². The Hall–Kier alpha value is -0.810. The molecule has 2 atom stereocenters. The molecular formula is C10H22N2O3. The molecule has 0 saturated carbocycles. The lowest BCUT2D eigenvalue weighted by Gasteiger charge is -2.20. The Morgan fingerprint density at radius 3 is 2.67 bits per heavy atom. The highest BCUT2D eigenvalue weighted by Gasteiger charge is 2.15. The quantitative estimate of drug-likeness (QED) is 0.498. The number of nitrogens with two attached hydrogens (primary N) is 1. The van der Waals surface area contributed by atoms with E-state index in [1.165, 1.54) is 0 Å². The molecule has 0 aromatic carbocycles. The van der Waals surface area contributed by atoms with Crippen molar-refractivity contribution in [3.8, 4) is 0 Å². The number of amides is 1. The molecule has 0 aliphatic carbocycles. The SMILES string of the molecule is CCCCOC(=O)NC(C)C(N)OCC. The molecule has 0 spiro atoms. The van der Waals surface area contributed by atoms with Gasteiger partial charge in [-0.25, -0.2) is 4.79 Å². The summed E-state index contributed by atoms with van der Waals surface area (Å²) >= 11 is 0. The monoisotopic (exact) mass is 218 g/mol. The van der Waals surface area contributed by atoms with Crippen LogP contribution in [0.25, 0.3) is 0 Å². The third-order valence-corrected chi connectivity index (χ3v) is 1.93. The van der Waals surface area contributed by atoms with Gasteiger partial charge in [0.05, 0.1) is 12.6 Å². The molecule has 0 bridgehead atoms. The molecular weight excluding hydrogens is 196 g/mol. The van der Waals surface area contributed by atoms with Gasteiger partial charge in [-0.05, 0) is 20.3 Å². The van der Waals surface area contributed by atoms with Crippen molar-refractivity contribution < 1.29 is 14.3 Å². The zero-order valence-corrected chi connectivity index (χ0v) is 9.79. The maximum Gasteiger partial charge on any atom is 0.407 e. The van der Waals surface area contributed by atoms with Crippen LogP contribution in [-0.4, -0.2) is 31.6 Å². The molecule has 5 nitrogen and oxygen atoms in total. The predicted octanol–water partition coefficient (Wildman–Crippen LogP) is 1.22. The van der Waals surface area contributed by atoms with Crippen LogP contribution in [-0.2, 0) is 9.47 Å². The van der Waals surface area contributed by atoms with Crippen LogP contribution in [0.2, 0.25) is 0 Å². The van der Waals surface area contributed by atoms with Crippen molar-refractivity contribution >= 4 is 6.09 Å². The summed E-state index contributed by atoms with van der Waals surface area (Å²) in [6.07, 6.45) is 0.945. The molecule has 2 unspecified atom stereocenters. The molecule has 0 rings (SSSR count). The van der Waals surface area contributed by atoms with Crippen LogP contribution >= 0.6 is 0 Å². The van der Waals surface area contributed by atoms with E-state index in [1.807, 2.05) is 13.8 Å². The third kappa shape index (κ3) is 7.16.